The zero-order chi connectivity index (χ0) is 14.0. The summed E-state index contributed by atoms with van der Waals surface area (Å²) >= 11 is 6.26. The molecule has 2 heterocycles. The summed E-state index contributed by atoms with van der Waals surface area (Å²) in [7, 11) is 0. The number of anilines is 1. The van der Waals surface area contributed by atoms with Crippen LogP contribution in [0.15, 0.2) is 0 Å². The van der Waals surface area contributed by atoms with Crippen molar-refractivity contribution in [3.8, 4) is 0 Å². The van der Waals surface area contributed by atoms with Crippen LogP contribution < -0.4 is 4.90 Å². The van der Waals surface area contributed by atoms with Crippen LogP contribution >= 0.6 is 11.6 Å². The van der Waals surface area contributed by atoms with Gasteiger partial charge in [-0.25, -0.2) is 9.97 Å². The first-order chi connectivity index (χ1) is 9.04. The van der Waals surface area contributed by atoms with Gasteiger partial charge in [-0.05, 0) is 13.3 Å². The van der Waals surface area contributed by atoms with Crippen LogP contribution in [0.25, 0.3) is 0 Å². The maximum atomic E-state index is 6.26. The fourth-order valence-electron chi connectivity index (χ4n) is 2.30. The monoisotopic (exact) mass is 283 g/mol. The van der Waals surface area contributed by atoms with Crippen LogP contribution in [-0.2, 0) is 4.74 Å². The number of aromatic nitrogens is 2. The standard InChI is InChI=1S/C14H22ClN3O/c1-5-11-8-19-7-6-18(11)14-10(4)12(15)16-13(17-14)9(2)3/h9,11H,5-8H2,1-4H3. The van der Waals surface area contributed by atoms with Gasteiger partial charge >= 0.3 is 0 Å². The molecule has 106 valence electrons. The SMILES string of the molecule is CCC1COCCN1c1nc(C(C)C)nc(Cl)c1C. The van der Waals surface area contributed by atoms with E-state index in [0.717, 1.165) is 43.4 Å². The van der Waals surface area contributed by atoms with Crippen molar-refractivity contribution in [2.45, 2.75) is 46.1 Å². The van der Waals surface area contributed by atoms with Crippen LogP contribution in [0, 0.1) is 6.92 Å². The minimum Gasteiger partial charge on any atom is -0.377 e. The molecule has 0 bridgehead atoms. The lowest BCUT2D eigenvalue weighted by Crippen LogP contribution is -2.46. The molecule has 1 aliphatic heterocycles. The summed E-state index contributed by atoms with van der Waals surface area (Å²) in [6, 6.07) is 0.374. The molecule has 4 nitrogen and oxygen atoms in total. The van der Waals surface area contributed by atoms with Crippen molar-refractivity contribution in [1.29, 1.82) is 0 Å². The Morgan fingerprint density at radius 1 is 1.42 bits per heavy atom. The van der Waals surface area contributed by atoms with Gasteiger partial charge in [-0.3, -0.25) is 0 Å². The topological polar surface area (TPSA) is 38.2 Å². The van der Waals surface area contributed by atoms with Crippen LogP contribution in [0.1, 0.15) is 44.5 Å². The summed E-state index contributed by atoms with van der Waals surface area (Å²) in [6.45, 7) is 10.7. The van der Waals surface area contributed by atoms with Gasteiger partial charge in [-0.1, -0.05) is 32.4 Å². The van der Waals surface area contributed by atoms with E-state index in [9.17, 15) is 0 Å². The van der Waals surface area contributed by atoms with E-state index in [4.69, 9.17) is 21.3 Å². The largest absolute Gasteiger partial charge is 0.377 e. The Labute approximate surface area is 120 Å². The molecule has 1 aromatic rings. The molecule has 0 aromatic carbocycles. The smallest absolute Gasteiger partial charge is 0.137 e. The molecule has 1 fully saturated rings. The molecule has 1 unspecified atom stereocenters. The first-order valence-corrected chi connectivity index (χ1v) is 7.30. The van der Waals surface area contributed by atoms with Gasteiger partial charge in [0.2, 0.25) is 0 Å². The third-order valence-electron chi connectivity index (χ3n) is 3.57. The summed E-state index contributed by atoms with van der Waals surface area (Å²) in [5.41, 5.74) is 0.964. The molecule has 0 amide bonds. The molecule has 0 N–H and O–H groups in total. The Hall–Kier alpha value is -0.870. The Balaban J connectivity index is 2.41. The molecule has 0 radical (unpaired) electrons. The summed E-state index contributed by atoms with van der Waals surface area (Å²) in [6.07, 6.45) is 1.04. The molecule has 19 heavy (non-hydrogen) atoms. The normalized spacial score (nSPS) is 20.1. The lowest BCUT2D eigenvalue weighted by Gasteiger charge is -2.37. The van der Waals surface area contributed by atoms with Gasteiger partial charge in [0.15, 0.2) is 0 Å². The number of hydrogen-bond acceptors (Lipinski definition) is 4. The number of nitrogens with zero attached hydrogens (tertiary/aromatic N) is 3. The molecule has 1 aromatic heterocycles. The van der Waals surface area contributed by atoms with Crippen molar-refractivity contribution in [1.82, 2.24) is 9.97 Å². The minimum atomic E-state index is 0.276. The molecule has 0 aliphatic carbocycles. The number of halogens is 1. The summed E-state index contributed by atoms with van der Waals surface area (Å²) in [4.78, 5) is 11.4. The molecule has 1 atom stereocenters. The molecule has 0 spiro atoms. The number of morpholine rings is 1. The average molecular weight is 284 g/mol. The van der Waals surface area contributed by atoms with E-state index in [1.54, 1.807) is 0 Å². The number of rotatable bonds is 3. The lowest BCUT2D eigenvalue weighted by molar-refractivity contribution is 0.0924. The predicted octanol–water partition coefficient (Wildman–Crippen LogP) is 3.18. The zero-order valence-corrected chi connectivity index (χ0v) is 12.9. The van der Waals surface area contributed by atoms with Crippen LogP contribution in [-0.4, -0.2) is 35.8 Å². The second kappa shape index (κ2) is 6.06. The fraction of sp³-hybridized carbons (Fsp3) is 0.714. The highest BCUT2D eigenvalue weighted by molar-refractivity contribution is 6.30. The highest BCUT2D eigenvalue weighted by atomic mass is 35.5. The van der Waals surface area contributed by atoms with Crippen molar-refractivity contribution < 1.29 is 4.74 Å². The predicted molar refractivity (Wildman–Crippen MR) is 78.1 cm³/mol. The van der Waals surface area contributed by atoms with Gasteiger partial charge in [0.05, 0.1) is 19.3 Å². The van der Waals surface area contributed by atoms with E-state index in [1.165, 1.54) is 0 Å². The Bertz CT molecular complexity index is 451. The van der Waals surface area contributed by atoms with Crippen LogP contribution in [0.3, 0.4) is 0 Å². The Morgan fingerprint density at radius 3 is 2.79 bits per heavy atom. The molecular weight excluding hydrogens is 262 g/mol. The van der Waals surface area contributed by atoms with Crippen molar-refractivity contribution >= 4 is 17.4 Å². The maximum absolute atomic E-state index is 6.26. The third-order valence-corrected chi connectivity index (χ3v) is 3.93. The van der Waals surface area contributed by atoms with Crippen LogP contribution in [0.5, 0.6) is 0 Å². The molecule has 1 aliphatic rings. The van der Waals surface area contributed by atoms with E-state index in [-0.39, 0.29) is 5.92 Å². The Morgan fingerprint density at radius 2 is 2.16 bits per heavy atom. The summed E-state index contributed by atoms with van der Waals surface area (Å²) < 4.78 is 5.55. The van der Waals surface area contributed by atoms with E-state index in [1.807, 2.05) is 6.92 Å². The van der Waals surface area contributed by atoms with Gasteiger partial charge in [0, 0.05) is 18.0 Å². The quantitative estimate of drug-likeness (QED) is 0.799. The van der Waals surface area contributed by atoms with Gasteiger partial charge in [-0.15, -0.1) is 0 Å². The van der Waals surface area contributed by atoms with E-state index < -0.39 is 0 Å². The van der Waals surface area contributed by atoms with E-state index >= 15 is 0 Å². The van der Waals surface area contributed by atoms with Gasteiger partial charge in [0.25, 0.3) is 0 Å². The average Bonchev–Trinajstić information content (AvgIpc) is 2.41. The molecule has 2 rings (SSSR count). The molecular formula is C14H22ClN3O. The van der Waals surface area contributed by atoms with Crippen molar-refractivity contribution in [3.05, 3.63) is 16.5 Å². The van der Waals surface area contributed by atoms with Crippen molar-refractivity contribution in [2.24, 2.45) is 0 Å². The minimum absolute atomic E-state index is 0.276. The molecule has 0 saturated carbocycles. The van der Waals surface area contributed by atoms with Crippen LogP contribution in [0.2, 0.25) is 5.15 Å². The molecule has 1 saturated heterocycles. The van der Waals surface area contributed by atoms with E-state index in [2.05, 4.69) is 30.7 Å². The second-order valence-electron chi connectivity index (χ2n) is 5.31. The first-order valence-electron chi connectivity index (χ1n) is 6.93. The number of hydrogen-bond donors (Lipinski definition) is 0. The van der Waals surface area contributed by atoms with Crippen LogP contribution in [0.4, 0.5) is 5.82 Å². The zero-order valence-electron chi connectivity index (χ0n) is 12.1. The van der Waals surface area contributed by atoms with Gasteiger partial charge < -0.3 is 9.64 Å². The lowest BCUT2D eigenvalue weighted by atomic mass is 10.1. The summed E-state index contributed by atoms with van der Waals surface area (Å²) in [5, 5.41) is 0.565. The highest BCUT2D eigenvalue weighted by Gasteiger charge is 2.25. The third kappa shape index (κ3) is 3.00. The fourth-order valence-corrected chi connectivity index (χ4v) is 2.47. The van der Waals surface area contributed by atoms with Crippen molar-refractivity contribution in [2.75, 3.05) is 24.7 Å². The maximum Gasteiger partial charge on any atom is 0.137 e. The van der Waals surface area contributed by atoms with Crippen molar-refractivity contribution in [3.63, 3.8) is 0 Å². The Kier molecular flexibility index (Phi) is 4.63. The first kappa shape index (κ1) is 14.5. The van der Waals surface area contributed by atoms with Gasteiger partial charge in [-0.2, -0.15) is 0 Å². The van der Waals surface area contributed by atoms with Gasteiger partial charge in [0.1, 0.15) is 16.8 Å². The second-order valence-corrected chi connectivity index (χ2v) is 5.66. The molecule has 5 heteroatoms. The summed E-state index contributed by atoms with van der Waals surface area (Å²) in [5.74, 6) is 2.06. The number of ether oxygens (including phenoxy) is 1. The highest BCUT2D eigenvalue weighted by Crippen LogP contribution is 2.28. The van der Waals surface area contributed by atoms with E-state index in [0.29, 0.717) is 11.2 Å².